The number of unbranched alkanes of at least 4 members (excludes halogenated alkanes) is 5. The van der Waals surface area contributed by atoms with E-state index in [1.54, 1.807) is 0 Å². The highest BCUT2D eigenvalue weighted by Crippen LogP contribution is 2.25. The van der Waals surface area contributed by atoms with Crippen molar-refractivity contribution < 1.29 is 5.11 Å². The molecule has 0 atom stereocenters. The molecule has 0 aromatic heterocycles. The standard InChI is InChI=1S/C17H28O/c1-3-5-7-9-13-16-15(11-8-6-4-2)12-10-14-17(16)18/h10,12,14,18H,3-9,11,13H2,1-2H3. The Morgan fingerprint density at radius 3 is 2.22 bits per heavy atom. The molecule has 1 rings (SSSR count). The molecule has 1 aromatic carbocycles. The zero-order valence-electron chi connectivity index (χ0n) is 12.0. The summed E-state index contributed by atoms with van der Waals surface area (Å²) >= 11 is 0. The van der Waals surface area contributed by atoms with E-state index >= 15 is 0 Å². The highest BCUT2D eigenvalue weighted by molar-refractivity contribution is 5.39. The van der Waals surface area contributed by atoms with Crippen LogP contribution in [0.4, 0.5) is 0 Å². The molecule has 0 aliphatic rings. The van der Waals surface area contributed by atoms with Gasteiger partial charge in [0.25, 0.3) is 0 Å². The molecule has 0 unspecified atom stereocenters. The fourth-order valence-corrected chi connectivity index (χ4v) is 2.44. The van der Waals surface area contributed by atoms with Gasteiger partial charge in [-0.3, -0.25) is 0 Å². The Morgan fingerprint density at radius 1 is 0.833 bits per heavy atom. The molecule has 1 aromatic rings. The highest BCUT2D eigenvalue weighted by atomic mass is 16.3. The van der Waals surface area contributed by atoms with Crippen molar-refractivity contribution in [3.63, 3.8) is 0 Å². The van der Waals surface area contributed by atoms with Crippen molar-refractivity contribution in [2.75, 3.05) is 0 Å². The molecule has 0 aliphatic carbocycles. The second kappa shape index (κ2) is 9.02. The van der Waals surface area contributed by atoms with E-state index in [-0.39, 0.29) is 0 Å². The van der Waals surface area contributed by atoms with Gasteiger partial charge in [0.15, 0.2) is 0 Å². The maximum absolute atomic E-state index is 10.0. The Hall–Kier alpha value is -0.980. The van der Waals surface area contributed by atoms with E-state index in [4.69, 9.17) is 0 Å². The molecule has 0 saturated heterocycles. The van der Waals surface area contributed by atoms with Crippen LogP contribution in [0.5, 0.6) is 5.75 Å². The first-order chi connectivity index (χ1) is 8.79. The summed E-state index contributed by atoms with van der Waals surface area (Å²) in [6.07, 6.45) is 11.0. The van der Waals surface area contributed by atoms with Crippen molar-refractivity contribution in [1.82, 2.24) is 0 Å². The van der Waals surface area contributed by atoms with Crippen molar-refractivity contribution in [2.24, 2.45) is 0 Å². The van der Waals surface area contributed by atoms with Crippen LogP contribution in [0.1, 0.15) is 69.9 Å². The average molecular weight is 248 g/mol. The summed E-state index contributed by atoms with van der Waals surface area (Å²) in [5.41, 5.74) is 2.56. The third-order valence-electron chi connectivity index (χ3n) is 3.58. The molecular formula is C17H28O. The molecule has 0 fully saturated rings. The first-order valence-electron chi connectivity index (χ1n) is 7.59. The lowest BCUT2D eigenvalue weighted by atomic mass is 9.96. The van der Waals surface area contributed by atoms with Gasteiger partial charge in [-0.1, -0.05) is 58.1 Å². The van der Waals surface area contributed by atoms with Crippen LogP contribution in [0, 0.1) is 0 Å². The van der Waals surface area contributed by atoms with Crippen molar-refractivity contribution in [3.8, 4) is 5.75 Å². The van der Waals surface area contributed by atoms with Gasteiger partial charge in [0.1, 0.15) is 5.75 Å². The zero-order valence-corrected chi connectivity index (χ0v) is 12.0. The van der Waals surface area contributed by atoms with E-state index < -0.39 is 0 Å². The second-order valence-electron chi connectivity index (χ2n) is 5.18. The summed E-state index contributed by atoms with van der Waals surface area (Å²) in [6, 6.07) is 6.00. The molecular weight excluding hydrogens is 220 g/mol. The Kier molecular flexibility index (Phi) is 7.55. The number of benzene rings is 1. The number of phenols is 1. The van der Waals surface area contributed by atoms with Crippen LogP contribution >= 0.6 is 0 Å². The van der Waals surface area contributed by atoms with Gasteiger partial charge >= 0.3 is 0 Å². The van der Waals surface area contributed by atoms with Gasteiger partial charge in [-0.05, 0) is 42.9 Å². The third-order valence-corrected chi connectivity index (χ3v) is 3.58. The van der Waals surface area contributed by atoms with Crippen molar-refractivity contribution in [3.05, 3.63) is 29.3 Å². The van der Waals surface area contributed by atoms with Crippen LogP contribution in [-0.4, -0.2) is 5.11 Å². The Bertz CT molecular complexity index is 330. The van der Waals surface area contributed by atoms with Crippen LogP contribution in [0.3, 0.4) is 0 Å². The fraction of sp³-hybridized carbons (Fsp3) is 0.647. The molecule has 0 amide bonds. The number of phenolic OH excluding ortho intramolecular Hbond substituents is 1. The minimum Gasteiger partial charge on any atom is -0.508 e. The summed E-state index contributed by atoms with van der Waals surface area (Å²) in [7, 11) is 0. The molecule has 0 saturated carbocycles. The molecule has 0 spiro atoms. The number of hydrogen-bond donors (Lipinski definition) is 1. The number of aromatic hydroxyl groups is 1. The van der Waals surface area contributed by atoms with Crippen LogP contribution < -0.4 is 0 Å². The predicted octanol–water partition coefficient (Wildman–Crippen LogP) is 5.25. The Labute approximate surface area is 112 Å². The smallest absolute Gasteiger partial charge is 0.119 e. The molecule has 18 heavy (non-hydrogen) atoms. The SMILES string of the molecule is CCCCCCc1c(O)cccc1CCCCC. The van der Waals surface area contributed by atoms with E-state index in [2.05, 4.69) is 19.9 Å². The lowest BCUT2D eigenvalue weighted by molar-refractivity contribution is 0.464. The van der Waals surface area contributed by atoms with Gasteiger partial charge in [-0.15, -0.1) is 0 Å². The van der Waals surface area contributed by atoms with Crippen LogP contribution in [0.2, 0.25) is 0 Å². The van der Waals surface area contributed by atoms with Crippen LogP contribution in [0.25, 0.3) is 0 Å². The molecule has 102 valence electrons. The molecule has 0 heterocycles. The van der Waals surface area contributed by atoms with Gasteiger partial charge in [-0.2, -0.15) is 0 Å². The minimum absolute atomic E-state index is 0.500. The summed E-state index contributed by atoms with van der Waals surface area (Å²) in [5, 5.41) is 10.0. The predicted molar refractivity (Wildman–Crippen MR) is 79.2 cm³/mol. The van der Waals surface area contributed by atoms with E-state index in [0.29, 0.717) is 5.75 Å². The van der Waals surface area contributed by atoms with Crippen molar-refractivity contribution >= 4 is 0 Å². The molecule has 0 bridgehead atoms. The maximum Gasteiger partial charge on any atom is 0.119 e. The molecule has 1 N–H and O–H groups in total. The van der Waals surface area contributed by atoms with Gasteiger partial charge in [0.2, 0.25) is 0 Å². The van der Waals surface area contributed by atoms with Gasteiger partial charge in [-0.25, -0.2) is 0 Å². The molecule has 1 nitrogen and oxygen atoms in total. The van der Waals surface area contributed by atoms with E-state index in [0.717, 1.165) is 12.8 Å². The maximum atomic E-state index is 10.0. The fourth-order valence-electron chi connectivity index (χ4n) is 2.44. The van der Waals surface area contributed by atoms with E-state index in [1.807, 2.05) is 12.1 Å². The molecule has 1 heteroatoms. The summed E-state index contributed by atoms with van der Waals surface area (Å²) in [4.78, 5) is 0. The topological polar surface area (TPSA) is 20.2 Å². The first kappa shape index (κ1) is 15.1. The van der Waals surface area contributed by atoms with Crippen molar-refractivity contribution in [2.45, 2.75) is 71.6 Å². The molecule has 0 aliphatic heterocycles. The summed E-state index contributed by atoms with van der Waals surface area (Å²) in [5.74, 6) is 0.500. The Morgan fingerprint density at radius 2 is 1.50 bits per heavy atom. The summed E-state index contributed by atoms with van der Waals surface area (Å²) in [6.45, 7) is 4.46. The Balaban J connectivity index is 2.56. The van der Waals surface area contributed by atoms with Crippen LogP contribution in [0.15, 0.2) is 18.2 Å². The van der Waals surface area contributed by atoms with Gasteiger partial charge < -0.3 is 5.11 Å². The zero-order chi connectivity index (χ0) is 13.2. The van der Waals surface area contributed by atoms with Gasteiger partial charge in [0, 0.05) is 0 Å². The van der Waals surface area contributed by atoms with Crippen LogP contribution in [-0.2, 0) is 12.8 Å². The number of aryl methyl sites for hydroxylation is 1. The third kappa shape index (κ3) is 5.12. The van der Waals surface area contributed by atoms with E-state index in [1.165, 1.54) is 56.1 Å². The lowest BCUT2D eigenvalue weighted by Gasteiger charge is -2.11. The average Bonchev–Trinajstić information content (AvgIpc) is 2.37. The molecule has 0 radical (unpaired) electrons. The second-order valence-corrected chi connectivity index (χ2v) is 5.18. The first-order valence-corrected chi connectivity index (χ1v) is 7.59. The lowest BCUT2D eigenvalue weighted by Crippen LogP contribution is -1.96. The number of hydrogen-bond acceptors (Lipinski definition) is 1. The normalized spacial score (nSPS) is 10.8. The van der Waals surface area contributed by atoms with Crippen molar-refractivity contribution in [1.29, 1.82) is 0 Å². The minimum atomic E-state index is 0.500. The largest absolute Gasteiger partial charge is 0.508 e. The quantitative estimate of drug-likeness (QED) is 0.592. The van der Waals surface area contributed by atoms with E-state index in [9.17, 15) is 5.11 Å². The monoisotopic (exact) mass is 248 g/mol. The highest BCUT2D eigenvalue weighted by Gasteiger charge is 2.07. The van der Waals surface area contributed by atoms with Gasteiger partial charge in [0.05, 0.1) is 0 Å². The number of rotatable bonds is 9. The summed E-state index contributed by atoms with van der Waals surface area (Å²) < 4.78 is 0.